The van der Waals surface area contributed by atoms with E-state index in [9.17, 15) is 9.59 Å². The summed E-state index contributed by atoms with van der Waals surface area (Å²) in [6.45, 7) is 3.70. The van der Waals surface area contributed by atoms with Crippen LogP contribution in [0.3, 0.4) is 0 Å². The first-order chi connectivity index (χ1) is 9.61. The molecule has 0 saturated carbocycles. The summed E-state index contributed by atoms with van der Waals surface area (Å²) in [6.07, 6.45) is 1.79. The van der Waals surface area contributed by atoms with Crippen LogP contribution in [0.1, 0.15) is 23.7 Å². The van der Waals surface area contributed by atoms with Gasteiger partial charge in [-0.1, -0.05) is 11.6 Å². The van der Waals surface area contributed by atoms with E-state index in [0.717, 1.165) is 0 Å². The Morgan fingerprint density at radius 1 is 1.55 bits per heavy atom. The van der Waals surface area contributed by atoms with Crippen LogP contribution < -0.4 is 10.2 Å². The molecule has 0 atom stereocenters. The van der Waals surface area contributed by atoms with Gasteiger partial charge in [0.2, 0.25) is 5.91 Å². The van der Waals surface area contributed by atoms with Crippen molar-refractivity contribution in [2.45, 2.75) is 13.3 Å². The number of amides is 1. The lowest BCUT2D eigenvalue weighted by Gasteiger charge is -2.24. The Hall–Kier alpha value is -1.82. The van der Waals surface area contributed by atoms with Crippen molar-refractivity contribution in [3.05, 3.63) is 23.0 Å². The van der Waals surface area contributed by atoms with Gasteiger partial charge in [-0.2, -0.15) is 0 Å². The van der Waals surface area contributed by atoms with Gasteiger partial charge in [-0.15, -0.1) is 0 Å². The number of pyridine rings is 1. The predicted molar refractivity (Wildman–Crippen MR) is 75.0 cm³/mol. The first-order valence-corrected chi connectivity index (χ1v) is 6.84. The molecular formula is C13H16ClN3O3. The molecule has 20 heavy (non-hydrogen) atoms. The number of esters is 1. The largest absolute Gasteiger partial charge is 0.462 e. The van der Waals surface area contributed by atoms with Gasteiger partial charge in [0.25, 0.3) is 0 Å². The van der Waals surface area contributed by atoms with Crippen molar-refractivity contribution in [2.75, 3.05) is 31.1 Å². The minimum absolute atomic E-state index is 0.00494. The highest BCUT2D eigenvalue weighted by atomic mass is 35.5. The molecule has 1 aromatic rings. The minimum atomic E-state index is -0.435. The van der Waals surface area contributed by atoms with Crippen LogP contribution in [0.4, 0.5) is 5.69 Å². The molecule has 1 fully saturated rings. The summed E-state index contributed by atoms with van der Waals surface area (Å²) < 4.78 is 5.02. The maximum absolute atomic E-state index is 12.0. The third-order valence-corrected chi connectivity index (χ3v) is 3.20. The zero-order valence-electron chi connectivity index (χ0n) is 11.2. The topological polar surface area (TPSA) is 71.5 Å². The highest BCUT2D eigenvalue weighted by molar-refractivity contribution is 6.29. The molecule has 1 N–H and O–H groups in total. The van der Waals surface area contributed by atoms with Gasteiger partial charge >= 0.3 is 5.97 Å². The average Bonchev–Trinajstić information content (AvgIpc) is 2.63. The summed E-state index contributed by atoms with van der Waals surface area (Å²) in [5, 5.41) is 3.09. The van der Waals surface area contributed by atoms with Crippen molar-refractivity contribution < 1.29 is 14.3 Å². The number of hydrogen-bond acceptors (Lipinski definition) is 5. The molecule has 7 heteroatoms. The lowest BCUT2D eigenvalue weighted by atomic mass is 10.2. The Bertz CT molecular complexity index is 522. The van der Waals surface area contributed by atoms with E-state index in [1.807, 2.05) is 4.90 Å². The highest BCUT2D eigenvalue weighted by Crippen LogP contribution is 2.24. The third kappa shape index (κ3) is 3.39. The zero-order chi connectivity index (χ0) is 14.5. The Labute approximate surface area is 122 Å². The molecule has 2 rings (SSSR count). The zero-order valence-corrected chi connectivity index (χ0v) is 11.9. The Balaban J connectivity index is 2.30. The maximum atomic E-state index is 12.0. The lowest BCUT2D eigenvalue weighted by molar-refractivity contribution is -0.120. The minimum Gasteiger partial charge on any atom is -0.462 e. The van der Waals surface area contributed by atoms with E-state index in [0.29, 0.717) is 49.1 Å². The van der Waals surface area contributed by atoms with Gasteiger partial charge in [0.1, 0.15) is 10.7 Å². The van der Waals surface area contributed by atoms with Gasteiger partial charge in [0.05, 0.1) is 12.3 Å². The number of rotatable bonds is 3. The standard InChI is InChI=1S/C13H16ClN3O3/c1-2-20-13(19)9-8-16-11(14)7-10(9)17-5-3-12(18)15-4-6-17/h7-8H,2-6H2,1H3,(H,15,18). The number of nitrogens with zero attached hydrogens (tertiary/aromatic N) is 2. The van der Waals surface area contributed by atoms with Crippen molar-refractivity contribution in [1.29, 1.82) is 0 Å². The fourth-order valence-electron chi connectivity index (χ4n) is 2.06. The second-order valence-corrected chi connectivity index (χ2v) is 4.72. The summed E-state index contributed by atoms with van der Waals surface area (Å²) in [5.41, 5.74) is 1.02. The number of ether oxygens (including phenoxy) is 1. The van der Waals surface area contributed by atoms with Crippen LogP contribution >= 0.6 is 11.6 Å². The normalized spacial score (nSPS) is 15.5. The number of hydrogen-bond donors (Lipinski definition) is 1. The molecule has 0 aromatic carbocycles. The number of carbonyl (C=O) groups excluding carboxylic acids is 2. The van der Waals surface area contributed by atoms with Crippen LogP contribution in [-0.2, 0) is 9.53 Å². The highest BCUT2D eigenvalue weighted by Gasteiger charge is 2.21. The molecular weight excluding hydrogens is 282 g/mol. The van der Waals surface area contributed by atoms with Crippen LogP contribution in [0.5, 0.6) is 0 Å². The lowest BCUT2D eigenvalue weighted by Crippen LogP contribution is -2.30. The second kappa shape index (κ2) is 6.56. The summed E-state index contributed by atoms with van der Waals surface area (Å²) in [6, 6.07) is 1.63. The van der Waals surface area contributed by atoms with Gasteiger partial charge in [-0.3, -0.25) is 4.79 Å². The van der Waals surface area contributed by atoms with E-state index in [2.05, 4.69) is 10.3 Å². The molecule has 1 saturated heterocycles. The van der Waals surface area contributed by atoms with Gasteiger partial charge in [-0.25, -0.2) is 9.78 Å². The summed E-state index contributed by atoms with van der Waals surface area (Å²) >= 11 is 5.91. The van der Waals surface area contributed by atoms with E-state index in [-0.39, 0.29) is 5.91 Å². The summed E-state index contributed by atoms with van der Waals surface area (Å²) in [7, 11) is 0. The molecule has 1 amide bonds. The summed E-state index contributed by atoms with van der Waals surface area (Å²) in [5.74, 6) is -0.430. The van der Waals surface area contributed by atoms with E-state index in [1.165, 1.54) is 6.20 Å². The van der Waals surface area contributed by atoms with Gasteiger partial charge in [0, 0.05) is 32.3 Å². The Kier molecular flexibility index (Phi) is 4.79. The van der Waals surface area contributed by atoms with E-state index in [4.69, 9.17) is 16.3 Å². The van der Waals surface area contributed by atoms with E-state index in [1.54, 1.807) is 13.0 Å². The molecule has 1 aromatic heterocycles. The van der Waals surface area contributed by atoms with Crippen molar-refractivity contribution in [2.24, 2.45) is 0 Å². The number of halogens is 1. The van der Waals surface area contributed by atoms with Crippen LogP contribution in [0, 0.1) is 0 Å². The molecule has 1 aliphatic heterocycles. The fraction of sp³-hybridized carbons (Fsp3) is 0.462. The van der Waals surface area contributed by atoms with Crippen LogP contribution in [0.25, 0.3) is 0 Å². The maximum Gasteiger partial charge on any atom is 0.341 e. The average molecular weight is 298 g/mol. The Morgan fingerprint density at radius 2 is 2.35 bits per heavy atom. The fourth-order valence-corrected chi connectivity index (χ4v) is 2.21. The van der Waals surface area contributed by atoms with Gasteiger partial charge < -0.3 is 15.0 Å². The molecule has 2 heterocycles. The van der Waals surface area contributed by atoms with Crippen LogP contribution in [0.2, 0.25) is 5.15 Å². The second-order valence-electron chi connectivity index (χ2n) is 4.33. The summed E-state index contributed by atoms with van der Waals surface area (Å²) in [4.78, 5) is 29.2. The van der Waals surface area contributed by atoms with Gasteiger partial charge in [0.15, 0.2) is 0 Å². The number of anilines is 1. The van der Waals surface area contributed by atoms with E-state index >= 15 is 0 Å². The first kappa shape index (κ1) is 14.6. The smallest absolute Gasteiger partial charge is 0.341 e. The monoisotopic (exact) mass is 297 g/mol. The predicted octanol–water partition coefficient (Wildman–Crippen LogP) is 1.24. The van der Waals surface area contributed by atoms with Crippen LogP contribution in [-0.4, -0.2) is 43.1 Å². The van der Waals surface area contributed by atoms with Crippen molar-refractivity contribution in [3.63, 3.8) is 0 Å². The molecule has 0 radical (unpaired) electrons. The van der Waals surface area contributed by atoms with Crippen molar-refractivity contribution in [1.82, 2.24) is 10.3 Å². The quantitative estimate of drug-likeness (QED) is 0.671. The molecule has 108 valence electrons. The van der Waals surface area contributed by atoms with Gasteiger partial charge in [-0.05, 0) is 13.0 Å². The van der Waals surface area contributed by atoms with Crippen molar-refractivity contribution in [3.8, 4) is 0 Å². The number of nitrogens with one attached hydrogen (secondary N) is 1. The van der Waals surface area contributed by atoms with E-state index < -0.39 is 5.97 Å². The Morgan fingerprint density at radius 3 is 3.10 bits per heavy atom. The molecule has 0 aliphatic carbocycles. The first-order valence-electron chi connectivity index (χ1n) is 6.46. The molecule has 1 aliphatic rings. The van der Waals surface area contributed by atoms with Crippen LogP contribution in [0.15, 0.2) is 12.3 Å². The third-order valence-electron chi connectivity index (χ3n) is 3.00. The molecule has 6 nitrogen and oxygen atoms in total. The van der Waals surface area contributed by atoms with Crippen molar-refractivity contribution >= 4 is 29.2 Å². The number of aromatic nitrogens is 1. The molecule has 0 spiro atoms. The SMILES string of the molecule is CCOC(=O)c1cnc(Cl)cc1N1CCNC(=O)CC1. The number of carbonyl (C=O) groups is 2. The molecule has 0 bridgehead atoms. The molecule has 0 unspecified atom stereocenters.